The molecular formula is C16H15BrF2. The molecule has 0 spiro atoms. The van der Waals surface area contributed by atoms with Crippen molar-refractivity contribution in [3.63, 3.8) is 0 Å². The highest BCUT2D eigenvalue weighted by atomic mass is 79.9. The number of aryl methyl sites for hydroxylation is 2. The normalized spacial score (nSPS) is 12.5. The number of hydrogen-bond donors (Lipinski definition) is 0. The van der Waals surface area contributed by atoms with Gasteiger partial charge in [0.2, 0.25) is 0 Å². The van der Waals surface area contributed by atoms with Crippen molar-refractivity contribution in [2.24, 2.45) is 0 Å². The van der Waals surface area contributed by atoms with Crippen molar-refractivity contribution in [2.45, 2.75) is 25.1 Å². The van der Waals surface area contributed by atoms with Gasteiger partial charge in [0.1, 0.15) is 11.6 Å². The summed E-state index contributed by atoms with van der Waals surface area (Å²) in [6.45, 7) is 3.72. The lowest BCUT2D eigenvalue weighted by atomic mass is 10.0. The van der Waals surface area contributed by atoms with Gasteiger partial charge in [-0.1, -0.05) is 47.1 Å². The van der Waals surface area contributed by atoms with Crippen molar-refractivity contribution in [3.8, 4) is 0 Å². The van der Waals surface area contributed by atoms with Crippen LogP contribution in [-0.2, 0) is 6.42 Å². The zero-order chi connectivity index (χ0) is 14.0. The third-order valence-corrected chi connectivity index (χ3v) is 4.25. The standard InChI is InChI=1S/C16H15BrF2/c1-3-11-4-6-12(7-5-11)16(17)13-8-10(2)14(18)9-15(13)19/h4-9,16H,3H2,1-2H3. The smallest absolute Gasteiger partial charge is 0.130 e. The van der Waals surface area contributed by atoms with E-state index in [2.05, 4.69) is 22.9 Å². The van der Waals surface area contributed by atoms with Crippen LogP contribution in [0, 0.1) is 18.6 Å². The van der Waals surface area contributed by atoms with Gasteiger partial charge in [-0.2, -0.15) is 0 Å². The van der Waals surface area contributed by atoms with E-state index in [0.29, 0.717) is 11.1 Å². The average molecular weight is 325 g/mol. The molecule has 3 heteroatoms. The molecule has 0 aliphatic carbocycles. The molecular weight excluding hydrogens is 310 g/mol. The Hall–Kier alpha value is -1.22. The van der Waals surface area contributed by atoms with E-state index in [0.717, 1.165) is 18.1 Å². The second-order valence-electron chi connectivity index (χ2n) is 4.58. The minimum atomic E-state index is -0.524. The maximum atomic E-state index is 13.8. The van der Waals surface area contributed by atoms with E-state index in [1.165, 1.54) is 5.56 Å². The quantitative estimate of drug-likeness (QED) is 0.670. The molecule has 0 amide bonds. The Kier molecular flexibility index (Phi) is 4.35. The van der Waals surface area contributed by atoms with Gasteiger partial charge in [0.05, 0.1) is 4.83 Å². The van der Waals surface area contributed by atoms with Crippen LogP contribution in [0.5, 0.6) is 0 Å². The molecule has 19 heavy (non-hydrogen) atoms. The molecule has 0 fully saturated rings. The van der Waals surface area contributed by atoms with E-state index in [-0.39, 0.29) is 4.83 Å². The monoisotopic (exact) mass is 324 g/mol. The van der Waals surface area contributed by atoms with Gasteiger partial charge >= 0.3 is 0 Å². The molecule has 1 atom stereocenters. The number of alkyl halides is 1. The highest BCUT2D eigenvalue weighted by molar-refractivity contribution is 9.09. The Morgan fingerprint density at radius 3 is 2.26 bits per heavy atom. The Morgan fingerprint density at radius 1 is 1.05 bits per heavy atom. The second kappa shape index (κ2) is 5.83. The predicted molar refractivity (Wildman–Crippen MR) is 77.7 cm³/mol. The van der Waals surface area contributed by atoms with E-state index in [1.54, 1.807) is 13.0 Å². The lowest BCUT2D eigenvalue weighted by Gasteiger charge is -2.13. The first-order chi connectivity index (χ1) is 9.02. The van der Waals surface area contributed by atoms with E-state index in [1.807, 2.05) is 24.3 Å². The van der Waals surface area contributed by atoms with Crippen molar-refractivity contribution in [1.29, 1.82) is 0 Å². The molecule has 0 aliphatic heterocycles. The van der Waals surface area contributed by atoms with Crippen LogP contribution in [0.1, 0.15) is 34.0 Å². The molecule has 0 bridgehead atoms. The summed E-state index contributed by atoms with van der Waals surface area (Å²) in [6, 6.07) is 10.5. The van der Waals surface area contributed by atoms with Gasteiger partial charge < -0.3 is 0 Å². The number of hydrogen-bond acceptors (Lipinski definition) is 0. The Balaban J connectivity index is 2.37. The van der Waals surface area contributed by atoms with Gasteiger partial charge in [-0.15, -0.1) is 0 Å². The molecule has 0 heterocycles. The fourth-order valence-electron chi connectivity index (χ4n) is 1.98. The summed E-state index contributed by atoms with van der Waals surface area (Å²) >= 11 is 3.49. The van der Waals surface area contributed by atoms with Gasteiger partial charge in [0.25, 0.3) is 0 Å². The van der Waals surface area contributed by atoms with Crippen molar-refractivity contribution in [3.05, 3.63) is 70.3 Å². The first-order valence-electron chi connectivity index (χ1n) is 6.21. The van der Waals surface area contributed by atoms with Gasteiger partial charge in [-0.3, -0.25) is 0 Å². The molecule has 2 aromatic rings. The molecule has 0 radical (unpaired) electrons. The Bertz CT molecular complexity index is 576. The summed E-state index contributed by atoms with van der Waals surface area (Å²) in [5, 5.41) is 0. The fraction of sp³-hybridized carbons (Fsp3) is 0.250. The molecule has 100 valence electrons. The van der Waals surface area contributed by atoms with E-state index in [4.69, 9.17) is 0 Å². The van der Waals surface area contributed by atoms with Crippen molar-refractivity contribution >= 4 is 15.9 Å². The lowest BCUT2D eigenvalue weighted by molar-refractivity contribution is 0.569. The highest BCUT2D eigenvalue weighted by Gasteiger charge is 2.16. The second-order valence-corrected chi connectivity index (χ2v) is 5.50. The number of benzene rings is 2. The van der Waals surface area contributed by atoms with Gasteiger partial charge in [0, 0.05) is 11.6 Å². The van der Waals surface area contributed by atoms with Crippen LogP contribution in [-0.4, -0.2) is 0 Å². The first-order valence-corrected chi connectivity index (χ1v) is 7.13. The maximum Gasteiger partial charge on any atom is 0.130 e. The number of rotatable bonds is 3. The van der Waals surface area contributed by atoms with Crippen molar-refractivity contribution < 1.29 is 8.78 Å². The van der Waals surface area contributed by atoms with Crippen LogP contribution in [0.25, 0.3) is 0 Å². The molecule has 2 aromatic carbocycles. The zero-order valence-corrected chi connectivity index (χ0v) is 12.5. The van der Waals surface area contributed by atoms with Crippen LogP contribution >= 0.6 is 15.9 Å². The van der Waals surface area contributed by atoms with Gasteiger partial charge in [0.15, 0.2) is 0 Å². The minimum absolute atomic E-state index is 0.266. The summed E-state index contributed by atoms with van der Waals surface area (Å²) < 4.78 is 27.1. The molecule has 0 saturated heterocycles. The maximum absolute atomic E-state index is 13.8. The molecule has 0 saturated carbocycles. The van der Waals surface area contributed by atoms with Crippen LogP contribution in [0.3, 0.4) is 0 Å². The van der Waals surface area contributed by atoms with E-state index < -0.39 is 11.6 Å². The van der Waals surface area contributed by atoms with Gasteiger partial charge in [-0.05, 0) is 36.1 Å². The third kappa shape index (κ3) is 3.03. The summed E-state index contributed by atoms with van der Waals surface area (Å²) in [5.74, 6) is -1.04. The Labute approximate surface area is 120 Å². The topological polar surface area (TPSA) is 0 Å². The van der Waals surface area contributed by atoms with Crippen LogP contribution in [0.4, 0.5) is 8.78 Å². The largest absolute Gasteiger partial charge is 0.207 e. The molecule has 1 unspecified atom stereocenters. The summed E-state index contributed by atoms with van der Waals surface area (Å²) in [5.41, 5.74) is 3.11. The SMILES string of the molecule is CCc1ccc(C(Br)c2cc(C)c(F)cc2F)cc1. The zero-order valence-electron chi connectivity index (χ0n) is 10.9. The average Bonchev–Trinajstić information content (AvgIpc) is 2.42. The number of halogens is 3. The van der Waals surface area contributed by atoms with Gasteiger partial charge in [-0.25, -0.2) is 8.78 Å². The lowest BCUT2D eigenvalue weighted by Crippen LogP contribution is -1.99. The molecule has 0 N–H and O–H groups in total. The summed E-state index contributed by atoms with van der Waals surface area (Å²) in [4.78, 5) is -0.266. The Morgan fingerprint density at radius 2 is 1.68 bits per heavy atom. The summed E-state index contributed by atoms with van der Waals surface area (Å²) in [7, 11) is 0. The third-order valence-electron chi connectivity index (χ3n) is 3.23. The predicted octanol–water partition coefficient (Wildman–Crippen LogP) is 5.32. The van der Waals surface area contributed by atoms with Crippen LogP contribution in [0.2, 0.25) is 0 Å². The fourth-order valence-corrected chi connectivity index (χ4v) is 2.63. The van der Waals surface area contributed by atoms with E-state index in [9.17, 15) is 8.78 Å². The molecule has 0 aromatic heterocycles. The van der Waals surface area contributed by atoms with Crippen LogP contribution < -0.4 is 0 Å². The molecule has 0 nitrogen and oxygen atoms in total. The first kappa shape index (κ1) is 14.2. The molecule has 0 aliphatic rings. The molecule has 2 rings (SSSR count). The van der Waals surface area contributed by atoms with E-state index >= 15 is 0 Å². The van der Waals surface area contributed by atoms with Crippen molar-refractivity contribution in [2.75, 3.05) is 0 Å². The van der Waals surface area contributed by atoms with Crippen LogP contribution in [0.15, 0.2) is 36.4 Å². The van der Waals surface area contributed by atoms with Crippen molar-refractivity contribution in [1.82, 2.24) is 0 Å². The minimum Gasteiger partial charge on any atom is -0.207 e. The highest BCUT2D eigenvalue weighted by Crippen LogP contribution is 2.33. The summed E-state index contributed by atoms with van der Waals surface area (Å²) in [6.07, 6.45) is 0.969.